The minimum absolute atomic E-state index is 0.0756. The summed E-state index contributed by atoms with van der Waals surface area (Å²) in [6, 6.07) is 5.47. The van der Waals surface area contributed by atoms with Crippen molar-refractivity contribution in [2.45, 2.75) is 46.6 Å². The van der Waals surface area contributed by atoms with Crippen LogP contribution in [0.5, 0.6) is 0 Å². The molecule has 0 amide bonds. The average Bonchev–Trinajstić information content (AvgIpc) is 2.63. The van der Waals surface area contributed by atoms with Crippen molar-refractivity contribution >= 4 is 5.69 Å². The molecule has 0 spiro atoms. The normalized spacial score (nSPS) is 19.9. The monoisotopic (exact) mass is 292 g/mol. The number of anilines is 1. The van der Waals surface area contributed by atoms with Gasteiger partial charge in [0.1, 0.15) is 5.82 Å². The molecule has 3 heteroatoms. The van der Waals surface area contributed by atoms with Crippen molar-refractivity contribution in [1.82, 2.24) is 5.32 Å². The summed E-state index contributed by atoms with van der Waals surface area (Å²) in [6.07, 6.45) is 3.58. The first-order valence-electron chi connectivity index (χ1n) is 8.31. The van der Waals surface area contributed by atoms with E-state index in [2.05, 4.69) is 37.1 Å². The molecule has 1 aliphatic heterocycles. The van der Waals surface area contributed by atoms with Crippen LogP contribution in [0, 0.1) is 17.7 Å². The summed E-state index contributed by atoms with van der Waals surface area (Å²) in [4.78, 5) is 2.26. The smallest absolute Gasteiger partial charge is 0.146 e. The van der Waals surface area contributed by atoms with E-state index in [1.165, 1.54) is 6.42 Å². The van der Waals surface area contributed by atoms with Crippen LogP contribution in [0.3, 0.4) is 0 Å². The molecule has 1 aromatic rings. The van der Waals surface area contributed by atoms with Gasteiger partial charge in [-0.15, -0.1) is 0 Å². The van der Waals surface area contributed by atoms with Crippen molar-refractivity contribution in [3.63, 3.8) is 0 Å². The Labute approximate surface area is 128 Å². The number of halogens is 1. The third-order valence-corrected chi connectivity index (χ3v) is 4.27. The van der Waals surface area contributed by atoms with Gasteiger partial charge in [0.15, 0.2) is 0 Å². The highest BCUT2D eigenvalue weighted by Gasteiger charge is 2.19. The number of nitrogens with one attached hydrogen (secondary N) is 1. The fourth-order valence-electron chi connectivity index (χ4n) is 3.04. The van der Waals surface area contributed by atoms with E-state index in [9.17, 15) is 4.39 Å². The highest BCUT2D eigenvalue weighted by atomic mass is 19.1. The second-order valence-corrected chi connectivity index (χ2v) is 6.80. The first-order chi connectivity index (χ1) is 10.1. The molecule has 1 fully saturated rings. The Morgan fingerprint density at radius 1 is 1.29 bits per heavy atom. The SMILES string of the molecule is CC(C)CNCc1cccc(F)c1N1CCCC(C)CC1. The van der Waals surface area contributed by atoms with Crippen molar-refractivity contribution in [1.29, 1.82) is 0 Å². The molecule has 0 aliphatic carbocycles. The van der Waals surface area contributed by atoms with Crippen LogP contribution < -0.4 is 10.2 Å². The van der Waals surface area contributed by atoms with Crippen molar-refractivity contribution in [2.75, 3.05) is 24.5 Å². The van der Waals surface area contributed by atoms with Crippen molar-refractivity contribution < 1.29 is 4.39 Å². The van der Waals surface area contributed by atoms with Crippen LogP contribution in [0.2, 0.25) is 0 Å². The Morgan fingerprint density at radius 3 is 2.86 bits per heavy atom. The highest BCUT2D eigenvalue weighted by Crippen LogP contribution is 2.28. The summed E-state index contributed by atoms with van der Waals surface area (Å²) in [7, 11) is 0. The Bertz CT molecular complexity index is 445. The number of para-hydroxylation sites is 1. The molecule has 21 heavy (non-hydrogen) atoms. The summed E-state index contributed by atoms with van der Waals surface area (Å²) in [5.41, 5.74) is 1.91. The molecule has 1 saturated heterocycles. The number of nitrogens with zero attached hydrogens (tertiary/aromatic N) is 1. The van der Waals surface area contributed by atoms with E-state index >= 15 is 0 Å². The fraction of sp³-hybridized carbons (Fsp3) is 0.667. The third kappa shape index (κ3) is 4.70. The molecule has 0 bridgehead atoms. The molecule has 0 radical (unpaired) electrons. The molecule has 1 N–H and O–H groups in total. The van der Waals surface area contributed by atoms with Gasteiger partial charge in [-0.3, -0.25) is 0 Å². The lowest BCUT2D eigenvalue weighted by atomic mass is 10.0. The summed E-state index contributed by atoms with van der Waals surface area (Å²) in [5, 5.41) is 3.44. The fourth-order valence-corrected chi connectivity index (χ4v) is 3.04. The first kappa shape index (κ1) is 16.3. The van der Waals surface area contributed by atoms with E-state index in [1.807, 2.05) is 6.07 Å². The van der Waals surface area contributed by atoms with Gasteiger partial charge < -0.3 is 10.2 Å². The Hall–Kier alpha value is -1.09. The van der Waals surface area contributed by atoms with Gasteiger partial charge in [0.2, 0.25) is 0 Å². The van der Waals surface area contributed by atoms with Crippen LogP contribution in [0.25, 0.3) is 0 Å². The van der Waals surface area contributed by atoms with E-state index in [0.29, 0.717) is 5.92 Å². The van der Waals surface area contributed by atoms with E-state index in [4.69, 9.17) is 0 Å². The Morgan fingerprint density at radius 2 is 2.10 bits per heavy atom. The third-order valence-electron chi connectivity index (χ3n) is 4.27. The molecular formula is C18H29FN2. The number of benzene rings is 1. The average molecular weight is 292 g/mol. The maximum Gasteiger partial charge on any atom is 0.146 e. The Kier molecular flexibility index (Phi) is 6.04. The van der Waals surface area contributed by atoms with Crippen LogP contribution in [0.15, 0.2) is 18.2 Å². The highest BCUT2D eigenvalue weighted by molar-refractivity contribution is 5.55. The zero-order valence-electron chi connectivity index (χ0n) is 13.7. The zero-order valence-corrected chi connectivity index (χ0v) is 13.7. The van der Waals surface area contributed by atoms with Crippen molar-refractivity contribution in [2.24, 2.45) is 11.8 Å². The van der Waals surface area contributed by atoms with Crippen LogP contribution in [-0.2, 0) is 6.54 Å². The molecule has 1 atom stereocenters. The van der Waals surface area contributed by atoms with Gasteiger partial charge in [0.25, 0.3) is 0 Å². The molecule has 0 saturated carbocycles. The van der Waals surface area contributed by atoms with Crippen molar-refractivity contribution in [3.05, 3.63) is 29.6 Å². The van der Waals surface area contributed by atoms with Crippen LogP contribution in [0.4, 0.5) is 10.1 Å². The lowest BCUT2D eigenvalue weighted by Gasteiger charge is -2.26. The van der Waals surface area contributed by atoms with Gasteiger partial charge in [-0.2, -0.15) is 0 Å². The summed E-state index contributed by atoms with van der Waals surface area (Å²) in [5.74, 6) is 1.29. The van der Waals surface area contributed by atoms with Crippen LogP contribution >= 0.6 is 0 Å². The maximum atomic E-state index is 14.4. The standard InChI is InChI=1S/C18H29FN2/c1-14(2)12-20-13-16-7-4-8-17(19)18(16)21-10-5-6-15(3)9-11-21/h4,7-8,14-15,20H,5-6,9-13H2,1-3H3. The molecule has 1 unspecified atom stereocenters. The number of hydrogen-bond acceptors (Lipinski definition) is 2. The molecule has 2 rings (SSSR count). The molecule has 2 nitrogen and oxygen atoms in total. The topological polar surface area (TPSA) is 15.3 Å². The minimum Gasteiger partial charge on any atom is -0.369 e. The summed E-state index contributed by atoms with van der Waals surface area (Å²) < 4.78 is 14.4. The van der Waals surface area contributed by atoms with E-state index in [0.717, 1.165) is 56.2 Å². The second kappa shape index (κ2) is 7.79. The minimum atomic E-state index is -0.0756. The largest absolute Gasteiger partial charge is 0.369 e. The molecule has 1 aromatic carbocycles. The van der Waals surface area contributed by atoms with Gasteiger partial charge >= 0.3 is 0 Å². The summed E-state index contributed by atoms with van der Waals surface area (Å²) >= 11 is 0. The molecule has 118 valence electrons. The second-order valence-electron chi connectivity index (χ2n) is 6.80. The van der Waals surface area contributed by atoms with E-state index in [-0.39, 0.29) is 5.82 Å². The number of rotatable bonds is 5. The summed E-state index contributed by atoms with van der Waals surface area (Å²) in [6.45, 7) is 10.3. The van der Waals surface area contributed by atoms with Crippen LogP contribution in [0.1, 0.15) is 45.6 Å². The first-order valence-corrected chi connectivity index (χ1v) is 8.31. The molecular weight excluding hydrogens is 263 g/mol. The van der Waals surface area contributed by atoms with Gasteiger partial charge in [-0.05, 0) is 49.3 Å². The number of hydrogen-bond donors (Lipinski definition) is 1. The zero-order chi connectivity index (χ0) is 15.2. The van der Waals surface area contributed by atoms with Crippen molar-refractivity contribution in [3.8, 4) is 0 Å². The van der Waals surface area contributed by atoms with E-state index in [1.54, 1.807) is 6.07 Å². The molecule has 1 heterocycles. The lowest BCUT2D eigenvalue weighted by molar-refractivity contribution is 0.520. The maximum absolute atomic E-state index is 14.4. The van der Waals surface area contributed by atoms with Crippen LogP contribution in [-0.4, -0.2) is 19.6 Å². The Balaban J connectivity index is 2.12. The molecule has 1 aliphatic rings. The predicted octanol–water partition coefficient (Wildman–Crippen LogP) is 4.20. The quantitative estimate of drug-likeness (QED) is 0.875. The van der Waals surface area contributed by atoms with E-state index < -0.39 is 0 Å². The molecule has 0 aromatic heterocycles. The van der Waals surface area contributed by atoms with Gasteiger partial charge in [-0.25, -0.2) is 4.39 Å². The lowest BCUT2D eigenvalue weighted by Crippen LogP contribution is -2.28. The van der Waals surface area contributed by atoms with Gasteiger partial charge in [-0.1, -0.05) is 32.9 Å². The van der Waals surface area contributed by atoms with Gasteiger partial charge in [0.05, 0.1) is 5.69 Å². The van der Waals surface area contributed by atoms with Gasteiger partial charge in [0, 0.05) is 19.6 Å². The predicted molar refractivity (Wildman–Crippen MR) is 88.2 cm³/mol.